The fraction of sp³-hybridized carbons (Fsp3) is 0.300. The number of methoxy groups -OCH3 is 1. The van der Waals surface area contributed by atoms with Crippen molar-refractivity contribution in [3.63, 3.8) is 0 Å². The largest absolute Gasteiger partial charge is 0.507 e. The summed E-state index contributed by atoms with van der Waals surface area (Å²) in [6, 6.07) is 12.0. The molecular weight excluding hydrogens is 334 g/mol. The molecule has 2 aromatic carbocycles. The number of benzene rings is 2. The number of rotatable bonds is 4. The summed E-state index contributed by atoms with van der Waals surface area (Å²) in [7, 11) is 1.46. The van der Waals surface area contributed by atoms with Gasteiger partial charge in [-0.15, -0.1) is 0 Å². The average Bonchev–Trinajstić information content (AvgIpc) is 2.96. The van der Waals surface area contributed by atoms with E-state index < -0.39 is 12.1 Å². The number of hydrogen-bond donors (Lipinski definition) is 1. The summed E-state index contributed by atoms with van der Waals surface area (Å²) in [4.78, 5) is 26.8. The third-order valence-corrected chi connectivity index (χ3v) is 4.50. The second-order valence-corrected chi connectivity index (χ2v) is 6.32. The molecule has 0 unspecified atom stereocenters. The first-order valence-corrected chi connectivity index (χ1v) is 8.41. The van der Waals surface area contributed by atoms with Crippen LogP contribution in [-0.2, 0) is 16.0 Å². The van der Waals surface area contributed by atoms with E-state index in [1.54, 1.807) is 11.0 Å². The van der Waals surface area contributed by atoms with Crippen LogP contribution in [0.3, 0.4) is 0 Å². The van der Waals surface area contributed by atoms with E-state index >= 15 is 0 Å². The zero-order valence-electron chi connectivity index (χ0n) is 14.9. The van der Waals surface area contributed by atoms with Crippen molar-refractivity contribution in [1.29, 1.82) is 0 Å². The van der Waals surface area contributed by atoms with Gasteiger partial charge in [-0.2, -0.15) is 0 Å². The molecule has 0 saturated heterocycles. The molecule has 0 aliphatic carbocycles. The van der Waals surface area contributed by atoms with Gasteiger partial charge in [0.1, 0.15) is 17.1 Å². The number of hydrogen-bond acceptors (Lipinski definition) is 5. The Labute approximate surface area is 152 Å². The predicted molar refractivity (Wildman–Crippen MR) is 96.6 cm³/mol. The van der Waals surface area contributed by atoms with Crippen molar-refractivity contribution in [2.75, 3.05) is 12.0 Å². The number of para-hydroxylation sites is 1. The molecular formula is C20H21NO5. The Kier molecular flexibility index (Phi) is 4.84. The van der Waals surface area contributed by atoms with Crippen molar-refractivity contribution in [2.45, 2.75) is 32.4 Å². The number of phenols is 1. The molecule has 6 heteroatoms. The summed E-state index contributed by atoms with van der Waals surface area (Å²) in [5.41, 5.74) is 1.93. The van der Waals surface area contributed by atoms with Crippen LogP contribution in [0.15, 0.2) is 42.5 Å². The van der Waals surface area contributed by atoms with E-state index in [4.69, 9.17) is 9.47 Å². The summed E-state index contributed by atoms with van der Waals surface area (Å²) in [5, 5.41) is 9.95. The third kappa shape index (κ3) is 3.22. The lowest BCUT2D eigenvalue weighted by Gasteiger charge is -2.26. The smallest absolute Gasteiger partial charge is 0.342 e. The molecule has 26 heavy (non-hydrogen) atoms. The Balaban J connectivity index is 1.75. The fourth-order valence-electron chi connectivity index (χ4n) is 3.18. The van der Waals surface area contributed by atoms with E-state index in [1.807, 2.05) is 31.2 Å². The molecule has 1 heterocycles. The van der Waals surface area contributed by atoms with Crippen molar-refractivity contribution < 1.29 is 24.2 Å². The summed E-state index contributed by atoms with van der Waals surface area (Å²) < 4.78 is 10.3. The predicted octanol–water partition coefficient (Wildman–Crippen LogP) is 2.92. The molecule has 0 saturated carbocycles. The van der Waals surface area contributed by atoms with Gasteiger partial charge in [0, 0.05) is 17.8 Å². The monoisotopic (exact) mass is 355 g/mol. The van der Waals surface area contributed by atoms with Gasteiger partial charge in [0.15, 0.2) is 6.10 Å². The second kappa shape index (κ2) is 7.07. The summed E-state index contributed by atoms with van der Waals surface area (Å²) in [6.45, 7) is 3.50. The van der Waals surface area contributed by atoms with Crippen molar-refractivity contribution >= 4 is 17.6 Å². The maximum Gasteiger partial charge on any atom is 0.342 e. The number of ether oxygens (including phenoxy) is 2. The molecule has 2 aromatic rings. The lowest BCUT2D eigenvalue weighted by molar-refractivity contribution is -0.126. The Hall–Kier alpha value is -3.02. The first kappa shape index (κ1) is 17.8. The highest BCUT2D eigenvalue weighted by Crippen LogP contribution is 2.32. The van der Waals surface area contributed by atoms with Gasteiger partial charge in [-0.05, 0) is 44.0 Å². The number of nitrogens with zero attached hydrogens (tertiary/aromatic N) is 1. The van der Waals surface area contributed by atoms with Crippen LogP contribution in [0.25, 0.3) is 0 Å². The van der Waals surface area contributed by atoms with E-state index in [0.29, 0.717) is 5.75 Å². The van der Waals surface area contributed by atoms with E-state index in [1.165, 1.54) is 26.2 Å². The topological polar surface area (TPSA) is 76.1 Å². The average molecular weight is 355 g/mol. The van der Waals surface area contributed by atoms with Crippen molar-refractivity contribution in [1.82, 2.24) is 0 Å². The number of anilines is 1. The Bertz CT molecular complexity index is 848. The quantitative estimate of drug-likeness (QED) is 0.854. The van der Waals surface area contributed by atoms with E-state index in [0.717, 1.165) is 17.7 Å². The highest BCUT2D eigenvalue weighted by Gasteiger charge is 2.34. The second-order valence-electron chi connectivity index (χ2n) is 6.32. The molecule has 1 aliphatic heterocycles. The molecule has 1 aliphatic rings. The van der Waals surface area contributed by atoms with Crippen LogP contribution >= 0.6 is 0 Å². The molecule has 1 N–H and O–H groups in total. The number of phenolic OH excluding ortho intramolecular Hbond substituents is 1. The SMILES string of the molecule is COc1ccc(C(=O)O[C@H](C)C(=O)N2c3ccccc3C[C@@H]2C)c(O)c1. The maximum absolute atomic E-state index is 12.8. The summed E-state index contributed by atoms with van der Waals surface area (Å²) in [5.74, 6) is -0.880. The molecule has 136 valence electrons. The first-order chi connectivity index (χ1) is 12.4. The minimum absolute atomic E-state index is 0.00422. The third-order valence-electron chi connectivity index (χ3n) is 4.50. The molecule has 6 nitrogen and oxygen atoms in total. The lowest BCUT2D eigenvalue weighted by atomic mass is 10.1. The number of esters is 1. The van der Waals surface area contributed by atoms with Gasteiger partial charge < -0.3 is 19.5 Å². The van der Waals surface area contributed by atoms with Crippen LogP contribution in [0.1, 0.15) is 29.8 Å². The van der Waals surface area contributed by atoms with Crippen LogP contribution in [0.4, 0.5) is 5.69 Å². The zero-order chi connectivity index (χ0) is 18.8. The summed E-state index contributed by atoms with van der Waals surface area (Å²) in [6.07, 6.45) is -0.209. The van der Waals surface area contributed by atoms with Crippen molar-refractivity contribution in [3.8, 4) is 11.5 Å². The molecule has 0 spiro atoms. The minimum atomic E-state index is -0.974. The first-order valence-electron chi connectivity index (χ1n) is 8.41. The van der Waals surface area contributed by atoms with E-state index in [9.17, 15) is 14.7 Å². The molecule has 0 bridgehead atoms. The van der Waals surface area contributed by atoms with Crippen molar-refractivity contribution in [2.24, 2.45) is 0 Å². The Morgan fingerprint density at radius 2 is 1.96 bits per heavy atom. The lowest BCUT2D eigenvalue weighted by Crippen LogP contribution is -2.43. The number of amides is 1. The minimum Gasteiger partial charge on any atom is -0.507 e. The van der Waals surface area contributed by atoms with Crippen LogP contribution in [0, 0.1) is 0 Å². The number of carbonyl (C=O) groups is 2. The molecule has 0 fully saturated rings. The maximum atomic E-state index is 12.8. The standard InChI is InChI=1S/C20H21NO5/c1-12-10-14-6-4-5-7-17(14)21(12)19(23)13(2)26-20(24)16-9-8-15(25-3)11-18(16)22/h4-9,11-13,22H,10H2,1-3H3/t12-,13+/m0/s1. The molecule has 3 rings (SSSR count). The molecule has 2 atom stereocenters. The number of aromatic hydroxyl groups is 1. The van der Waals surface area contributed by atoms with E-state index in [2.05, 4.69) is 0 Å². The Morgan fingerprint density at radius 3 is 2.65 bits per heavy atom. The molecule has 0 aromatic heterocycles. The van der Waals surface area contributed by atoms with E-state index in [-0.39, 0.29) is 23.3 Å². The van der Waals surface area contributed by atoms with Gasteiger partial charge in [0.05, 0.1) is 7.11 Å². The van der Waals surface area contributed by atoms with Gasteiger partial charge in [-0.3, -0.25) is 4.79 Å². The van der Waals surface area contributed by atoms with Gasteiger partial charge in [0.25, 0.3) is 5.91 Å². The number of fused-ring (bicyclic) bond motifs is 1. The van der Waals surface area contributed by atoms with Crippen LogP contribution in [-0.4, -0.2) is 36.2 Å². The summed E-state index contributed by atoms with van der Waals surface area (Å²) >= 11 is 0. The zero-order valence-corrected chi connectivity index (χ0v) is 14.9. The van der Waals surface area contributed by atoms with Gasteiger partial charge in [-0.1, -0.05) is 18.2 Å². The fourth-order valence-corrected chi connectivity index (χ4v) is 3.18. The van der Waals surface area contributed by atoms with Crippen LogP contribution in [0.5, 0.6) is 11.5 Å². The molecule has 1 amide bonds. The highest BCUT2D eigenvalue weighted by atomic mass is 16.5. The highest BCUT2D eigenvalue weighted by molar-refractivity contribution is 6.01. The normalized spacial score (nSPS) is 16.7. The number of carbonyl (C=O) groups excluding carboxylic acids is 2. The molecule has 0 radical (unpaired) electrons. The van der Waals surface area contributed by atoms with Gasteiger partial charge >= 0.3 is 5.97 Å². The Morgan fingerprint density at radius 1 is 1.23 bits per heavy atom. The van der Waals surface area contributed by atoms with Crippen LogP contribution < -0.4 is 9.64 Å². The van der Waals surface area contributed by atoms with Crippen LogP contribution in [0.2, 0.25) is 0 Å². The van der Waals surface area contributed by atoms with Crippen molar-refractivity contribution in [3.05, 3.63) is 53.6 Å². The van der Waals surface area contributed by atoms with Gasteiger partial charge in [0.2, 0.25) is 0 Å². The van der Waals surface area contributed by atoms with Gasteiger partial charge in [-0.25, -0.2) is 4.79 Å².